The molecule has 25 heavy (non-hydrogen) atoms. The zero-order valence-electron chi connectivity index (χ0n) is 15.0. The summed E-state index contributed by atoms with van der Waals surface area (Å²) in [5, 5.41) is 0.678. The molecular formula is C20H27N3OS. The van der Waals surface area contributed by atoms with E-state index in [1.807, 2.05) is 24.5 Å². The van der Waals surface area contributed by atoms with E-state index in [1.165, 1.54) is 5.56 Å². The molecule has 0 fully saturated rings. The van der Waals surface area contributed by atoms with Crippen LogP contribution in [0.1, 0.15) is 38.7 Å². The normalized spacial score (nSPS) is 27.0. The van der Waals surface area contributed by atoms with E-state index in [9.17, 15) is 0 Å². The largest absolute Gasteiger partial charge is 0.493 e. The number of rotatable bonds is 6. The fourth-order valence-electron chi connectivity index (χ4n) is 3.32. The average molecular weight is 358 g/mol. The molecule has 1 aromatic rings. The highest BCUT2D eigenvalue weighted by molar-refractivity contribution is 8.13. The molecule has 0 spiro atoms. The summed E-state index contributed by atoms with van der Waals surface area (Å²) in [5.74, 6) is 3.00. The Morgan fingerprint density at radius 2 is 2.32 bits per heavy atom. The minimum atomic E-state index is -0.244. The van der Waals surface area contributed by atoms with Gasteiger partial charge >= 0.3 is 0 Å². The van der Waals surface area contributed by atoms with Crippen molar-refractivity contribution in [1.29, 1.82) is 0 Å². The minimum absolute atomic E-state index is 0.244. The Morgan fingerprint density at radius 1 is 1.44 bits per heavy atom. The van der Waals surface area contributed by atoms with E-state index >= 15 is 0 Å². The number of hydrogen-bond acceptors (Lipinski definition) is 5. The quantitative estimate of drug-likeness (QED) is 0.823. The zero-order valence-corrected chi connectivity index (χ0v) is 15.8. The highest BCUT2D eigenvalue weighted by Crippen LogP contribution is 2.36. The molecule has 0 radical (unpaired) electrons. The van der Waals surface area contributed by atoms with E-state index in [2.05, 4.69) is 42.0 Å². The topological polar surface area (TPSA) is 60.0 Å². The van der Waals surface area contributed by atoms with Crippen LogP contribution in [-0.2, 0) is 5.54 Å². The number of aliphatic imine (C=N–C) groups is 2. The SMILES string of the molecule is CC(COc1cccc(C2(C)CCSC(N)=N2)c1)CC1C=CN=CC1. The highest BCUT2D eigenvalue weighted by Gasteiger charge is 2.29. The van der Waals surface area contributed by atoms with E-state index < -0.39 is 0 Å². The van der Waals surface area contributed by atoms with Gasteiger partial charge in [-0.2, -0.15) is 0 Å². The molecule has 2 N–H and O–H groups in total. The summed E-state index contributed by atoms with van der Waals surface area (Å²) in [4.78, 5) is 8.82. The molecule has 2 aliphatic rings. The van der Waals surface area contributed by atoms with Crippen LogP contribution in [0.5, 0.6) is 5.75 Å². The summed E-state index contributed by atoms with van der Waals surface area (Å²) in [6, 6.07) is 8.31. The van der Waals surface area contributed by atoms with Crippen molar-refractivity contribution in [1.82, 2.24) is 0 Å². The third-order valence-electron chi connectivity index (χ3n) is 4.85. The molecule has 0 saturated heterocycles. The molecule has 2 heterocycles. The maximum absolute atomic E-state index is 6.07. The molecule has 134 valence electrons. The Kier molecular flexibility index (Phi) is 5.84. The van der Waals surface area contributed by atoms with Crippen molar-refractivity contribution in [2.45, 2.75) is 38.6 Å². The summed E-state index contributed by atoms with van der Waals surface area (Å²) < 4.78 is 6.07. The smallest absolute Gasteiger partial charge is 0.154 e. The molecule has 0 bridgehead atoms. The molecule has 2 aliphatic heterocycles. The van der Waals surface area contributed by atoms with Gasteiger partial charge in [0.1, 0.15) is 5.75 Å². The van der Waals surface area contributed by atoms with Crippen LogP contribution in [0.15, 0.2) is 46.5 Å². The van der Waals surface area contributed by atoms with Crippen LogP contribution >= 0.6 is 11.8 Å². The second-order valence-electron chi connectivity index (χ2n) is 7.17. The first-order valence-electron chi connectivity index (χ1n) is 8.95. The van der Waals surface area contributed by atoms with Gasteiger partial charge in [0.2, 0.25) is 0 Å². The lowest BCUT2D eigenvalue weighted by Gasteiger charge is -2.30. The summed E-state index contributed by atoms with van der Waals surface area (Å²) in [5.41, 5.74) is 6.87. The van der Waals surface area contributed by atoms with E-state index in [1.54, 1.807) is 11.8 Å². The van der Waals surface area contributed by atoms with Crippen LogP contribution < -0.4 is 10.5 Å². The van der Waals surface area contributed by atoms with Gasteiger partial charge in [-0.25, -0.2) is 0 Å². The molecule has 0 aliphatic carbocycles. The number of amidine groups is 1. The molecule has 0 aromatic heterocycles. The van der Waals surface area contributed by atoms with Gasteiger partial charge in [-0.05, 0) is 55.7 Å². The minimum Gasteiger partial charge on any atom is -0.493 e. The molecular weight excluding hydrogens is 330 g/mol. The van der Waals surface area contributed by atoms with Gasteiger partial charge in [0.25, 0.3) is 0 Å². The number of nitrogens with zero attached hydrogens (tertiary/aromatic N) is 2. The monoisotopic (exact) mass is 357 g/mol. The molecule has 0 saturated carbocycles. The van der Waals surface area contributed by atoms with Crippen molar-refractivity contribution in [2.75, 3.05) is 12.4 Å². The van der Waals surface area contributed by atoms with Crippen LogP contribution in [0.3, 0.4) is 0 Å². The second kappa shape index (κ2) is 8.09. The maximum atomic E-state index is 6.07. The Morgan fingerprint density at radius 3 is 3.08 bits per heavy atom. The number of ether oxygens (including phenoxy) is 1. The molecule has 5 heteroatoms. The Balaban J connectivity index is 1.59. The Hall–Kier alpha value is -1.75. The maximum Gasteiger partial charge on any atom is 0.154 e. The molecule has 3 unspecified atom stereocenters. The summed E-state index contributed by atoms with van der Waals surface area (Å²) in [6.07, 6.45) is 9.25. The fourth-order valence-corrected chi connectivity index (χ4v) is 4.30. The summed E-state index contributed by atoms with van der Waals surface area (Å²) >= 11 is 1.63. The van der Waals surface area contributed by atoms with Crippen LogP contribution in [0.25, 0.3) is 0 Å². The average Bonchev–Trinajstić information content (AvgIpc) is 2.61. The van der Waals surface area contributed by atoms with Crippen molar-refractivity contribution in [3.05, 3.63) is 42.1 Å². The van der Waals surface area contributed by atoms with Crippen molar-refractivity contribution in [3.8, 4) is 5.75 Å². The lowest BCUT2D eigenvalue weighted by Crippen LogP contribution is -2.28. The molecule has 0 amide bonds. The highest BCUT2D eigenvalue weighted by atomic mass is 32.2. The lowest BCUT2D eigenvalue weighted by molar-refractivity contribution is 0.241. The number of benzene rings is 1. The van der Waals surface area contributed by atoms with Gasteiger partial charge in [-0.15, -0.1) is 0 Å². The van der Waals surface area contributed by atoms with Gasteiger partial charge in [0.05, 0.1) is 12.1 Å². The fraction of sp³-hybridized carbons (Fsp3) is 0.500. The first-order chi connectivity index (χ1) is 12.0. The standard InChI is InChI=1S/C20H27N3OS/c1-15(12-16-6-9-22-10-7-16)14-24-18-5-3-4-17(13-18)20(2)8-11-25-19(21)23-20/h3-6,9-10,13,15-16H,7-8,11-12,14H2,1-2H3,(H2,21,23). The van der Waals surface area contributed by atoms with E-state index in [0.29, 0.717) is 17.0 Å². The van der Waals surface area contributed by atoms with Crippen molar-refractivity contribution < 1.29 is 4.74 Å². The van der Waals surface area contributed by atoms with Gasteiger partial charge in [-0.1, -0.05) is 36.9 Å². The molecule has 3 rings (SSSR count). The second-order valence-corrected chi connectivity index (χ2v) is 8.29. The number of thioether (sulfide) groups is 1. The van der Waals surface area contributed by atoms with E-state index in [-0.39, 0.29) is 5.54 Å². The number of nitrogens with two attached hydrogens (primary N) is 1. The van der Waals surface area contributed by atoms with Crippen LogP contribution in [0, 0.1) is 11.8 Å². The van der Waals surface area contributed by atoms with Gasteiger partial charge in [0.15, 0.2) is 5.17 Å². The lowest BCUT2D eigenvalue weighted by atomic mass is 9.90. The number of hydrogen-bond donors (Lipinski definition) is 1. The van der Waals surface area contributed by atoms with Crippen LogP contribution in [0.4, 0.5) is 0 Å². The van der Waals surface area contributed by atoms with Gasteiger partial charge in [-0.3, -0.25) is 9.98 Å². The predicted octanol–water partition coefficient (Wildman–Crippen LogP) is 4.36. The van der Waals surface area contributed by atoms with Crippen LogP contribution in [0.2, 0.25) is 0 Å². The van der Waals surface area contributed by atoms with Crippen molar-refractivity contribution in [2.24, 2.45) is 27.6 Å². The third kappa shape index (κ3) is 4.88. The number of allylic oxidation sites excluding steroid dienone is 1. The van der Waals surface area contributed by atoms with Gasteiger partial charge in [0, 0.05) is 18.2 Å². The van der Waals surface area contributed by atoms with Crippen LogP contribution in [-0.4, -0.2) is 23.7 Å². The summed E-state index contributed by atoms with van der Waals surface area (Å²) in [6.45, 7) is 5.12. The molecule has 1 aromatic carbocycles. The van der Waals surface area contributed by atoms with E-state index in [0.717, 1.165) is 37.4 Å². The third-order valence-corrected chi connectivity index (χ3v) is 5.64. The summed E-state index contributed by atoms with van der Waals surface area (Å²) in [7, 11) is 0. The Bertz CT molecular complexity index is 685. The molecule has 3 atom stereocenters. The molecule has 4 nitrogen and oxygen atoms in total. The van der Waals surface area contributed by atoms with Crippen molar-refractivity contribution >= 4 is 23.1 Å². The van der Waals surface area contributed by atoms with Crippen molar-refractivity contribution in [3.63, 3.8) is 0 Å². The van der Waals surface area contributed by atoms with E-state index in [4.69, 9.17) is 10.5 Å². The zero-order chi connectivity index (χ0) is 17.7. The first kappa shape index (κ1) is 18.1. The Labute approximate surface area is 154 Å². The predicted molar refractivity (Wildman–Crippen MR) is 108 cm³/mol. The van der Waals surface area contributed by atoms with Gasteiger partial charge < -0.3 is 10.5 Å². The first-order valence-corrected chi connectivity index (χ1v) is 9.93.